The number of fused-ring (bicyclic) bond motifs is 3. The Morgan fingerprint density at radius 2 is 1.14 bits per heavy atom. The Bertz CT molecular complexity index is 1650. The number of rotatable bonds is 3. The van der Waals surface area contributed by atoms with Gasteiger partial charge in [0.1, 0.15) is 0 Å². The number of nitrogens with zero attached hydrogens (tertiary/aromatic N) is 1. The van der Waals surface area contributed by atoms with Crippen molar-refractivity contribution in [2.45, 2.75) is 26.2 Å². The summed E-state index contributed by atoms with van der Waals surface area (Å²) in [4.78, 5) is 0. The topological polar surface area (TPSA) is 4.93 Å². The number of aromatic nitrogens is 1. The summed E-state index contributed by atoms with van der Waals surface area (Å²) < 4.78 is 2.39. The lowest BCUT2D eigenvalue weighted by molar-refractivity contribution is 0.591. The fraction of sp³-hybridized carbons (Fsp3) is 0.118. The van der Waals surface area contributed by atoms with Gasteiger partial charge < -0.3 is 4.57 Å². The molecule has 170 valence electrons. The van der Waals surface area contributed by atoms with Crippen LogP contribution in [-0.2, 0) is 5.41 Å². The van der Waals surface area contributed by atoms with E-state index in [0.29, 0.717) is 0 Å². The zero-order valence-electron chi connectivity index (χ0n) is 20.5. The standard InChI is InChI=1S/C34H29N/c1-34(2,3)27-22-25(24-13-6-4-7-14-24)21-26(23-27)29-18-12-20-32-33(29)30-17-10-11-19-31(30)35(32)28-15-8-5-9-16-28/h4-23H,1-3H3. The largest absolute Gasteiger partial charge is 0.309 e. The van der Waals surface area contributed by atoms with Crippen molar-refractivity contribution in [3.05, 3.63) is 127 Å². The van der Waals surface area contributed by atoms with E-state index in [2.05, 4.69) is 147 Å². The van der Waals surface area contributed by atoms with E-state index in [1.165, 1.54) is 55.3 Å². The van der Waals surface area contributed by atoms with Gasteiger partial charge in [0, 0.05) is 16.5 Å². The second-order valence-electron chi connectivity index (χ2n) is 10.3. The van der Waals surface area contributed by atoms with Gasteiger partial charge in [-0.15, -0.1) is 0 Å². The minimum Gasteiger partial charge on any atom is -0.309 e. The van der Waals surface area contributed by atoms with E-state index in [1.807, 2.05) is 0 Å². The molecule has 0 bridgehead atoms. The highest BCUT2D eigenvalue weighted by molar-refractivity contribution is 6.15. The first-order valence-electron chi connectivity index (χ1n) is 12.3. The summed E-state index contributed by atoms with van der Waals surface area (Å²) in [7, 11) is 0. The van der Waals surface area contributed by atoms with Crippen LogP contribution >= 0.6 is 0 Å². The third kappa shape index (κ3) is 3.74. The van der Waals surface area contributed by atoms with Crippen molar-refractivity contribution in [3.63, 3.8) is 0 Å². The Hall–Kier alpha value is -4.10. The Labute approximate surface area is 207 Å². The summed E-state index contributed by atoms with van der Waals surface area (Å²) in [6.07, 6.45) is 0. The minimum absolute atomic E-state index is 0.0471. The van der Waals surface area contributed by atoms with Crippen LogP contribution in [0, 0.1) is 0 Å². The van der Waals surface area contributed by atoms with Gasteiger partial charge in [-0.2, -0.15) is 0 Å². The molecular formula is C34H29N. The highest BCUT2D eigenvalue weighted by atomic mass is 15.0. The molecule has 0 fully saturated rings. The molecule has 0 spiro atoms. The van der Waals surface area contributed by atoms with Gasteiger partial charge in [-0.25, -0.2) is 0 Å². The molecule has 5 aromatic carbocycles. The van der Waals surface area contributed by atoms with Crippen LogP contribution in [0.2, 0.25) is 0 Å². The van der Waals surface area contributed by atoms with E-state index in [4.69, 9.17) is 0 Å². The molecule has 0 aliphatic rings. The van der Waals surface area contributed by atoms with Gasteiger partial charge in [-0.1, -0.05) is 112 Å². The molecule has 0 atom stereocenters. The van der Waals surface area contributed by atoms with Crippen molar-refractivity contribution >= 4 is 21.8 Å². The van der Waals surface area contributed by atoms with Gasteiger partial charge in [-0.3, -0.25) is 0 Å². The molecule has 0 aliphatic carbocycles. The van der Waals surface area contributed by atoms with Gasteiger partial charge in [0.15, 0.2) is 0 Å². The third-order valence-electron chi connectivity index (χ3n) is 6.93. The normalized spacial score (nSPS) is 11.9. The molecule has 1 heteroatoms. The molecule has 6 aromatic rings. The molecule has 35 heavy (non-hydrogen) atoms. The van der Waals surface area contributed by atoms with Crippen LogP contribution < -0.4 is 0 Å². The minimum atomic E-state index is 0.0471. The second-order valence-corrected chi connectivity index (χ2v) is 10.3. The average molecular weight is 452 g/mol. The van der Waals surface area contributed by atoms with Crippen molar-refractivity contribution < 1.29 is 0 Å². The summed E-state index contributed by atoms with van der Waals surface area (Å²) >= 11 is 0. The van der Waals surface area contributed by atoms with E-state index in [-0.39, 0.29) is 5.41 Å². The number of hydrogen-bond donors (Lipinski definition) is 0. The molecule has 0 saturated carbocycles. The zero-order chi connectivity index (χ0) is 24.0. The lowest BCUT2D eigenvalue weighted by Gasteiger charge is -2.22. The average Bonchev–Trinajstić information content (AvgIpc) is 3.23. The monoisotopic (exact) mass is 451 g/mol. The van der Waals surface area contributed by atoms with Gasteiger partial charge in [0.05, 0.1) is 11.0 Å². The Balaban J connectivity index is 1.69. The molecule has 1 nitrogen and oxygen atoms in total. The highest BCUT2D eigenvalue weighted by Crippen LogP contribution is 2.40. The maximum absolute atomic E-state index is 2.39. The van der Waals surface area contributed by atoms with E-state index < -0.39 is 0 Å². The summed E-state index contributed by atoms with van der Waals surface area (Å²) in [5, 5.41) is 2.58. The number of para-hydroxylation sites is 2. The first kappa shape index (κ1) is 21.4. The SMILES string of the molecule is CC(C)(C)c1cc(-c2ccccc2)cc(-c2cccc3c2c2ccccc2n3-c2ccccc2)c1. The number of hydrogen-bond acceptors (Lipinski definition) is 0. The summed E-state index contributed by atoms with van der Waals surface area (Å²) in [6, 6.07) is 44.0. The number of benzene rings is 5. The molecule has 0 amide bonds. The van der Waals surface area contributed by atoms with E-state index >= 15 is 0 Å². The summed E-state index contributed by atoms with van der Waals surface area (Å²) in [5.41, 5.74) is 10.1. The van der Waals surface area contributed by atoms with Gasteiger partial charge in [0.2, 0.25) is 0 Å². The van der Waals surface area contributed by atoms with E-state index in [1.54, 1.807) is 0 Å². The molecule has 0 saturated heterocycles. The third-order valence-corrected chi connectivity index (χ3v) is 6.93. The van der Waals surface area contributed by atoms with Crippen LogP contribution in [0.15, 0.2) is 121 Å². The van der Waals surface area contributed by atoms with Crippen LogP contribution in [0.1, 0.15) is 26.3 Å². The first-order chi connectivity index (χ1) is 17.0. The smallest absolute Gasteiger partial charge is 0.0547 e. The van der Waals surface area contributed by atoms with E-state index in [9.17, 15) is 0 Å². The van der Waals surface area contributed by atoms with E-state index in [0.717, 1.165) is 0 Å². The molecule has 6 rings (SSSR count). The molecule has 0 radical (unpaired) electrons. The Kier molecular flexibility index (Phi) is 5.07. The maximum atomic E-state index is 2.39. The van der Waals surface area contributed by atoms with Gasteiger partial charge in [-0.05, 0) is 63.6 Å². The lowest BCUT2D eigenvalue weighted by atomic mass is 9.83. The van der Waals surface area contributed by atoms with Crippen molar-refractivity contribution in [3.8, 4) is 27.9 Å². The fourth-order valence-electron chi connectivity index (χ4n) is 5.13. The van der Waals surface area contributed by atoms with Crippen molar-refractivity contribution in [2.75, 3.05) is 0 Å². The molecular weight excluding hydrogens is 422 g/mol. The molecule has 0 aliphatic heterocycles. The van der Waals surface area contributed by atoms with Gasteiger partial charge >= 0.3 is 0 Å². The van der Waals surface area contributed by atoms with Crippen LogP contribution in [0.5, 0.6) is 0 Å². The van der Waals surface area contributed by atoms with Crippen molar-refractivity contribution in [1.29, 1.82) is 0 Å². The van der Waals surface area contributed by atoms with Crippen molar-refractivity contribution in [1.82, 2.24) is 4.57 Å². The van der Waals surface area contributed by atoms with Crippen LogP contribution in [0.25, 0.3) is 49.7 Å². The van der Waals surface area contributed by atoms with Crippen LogP contribution in [0.3, 0.4) is 0 Å². The molecule has 1 aromatic heterocycles. The molecule has 0 N–H and O–H groups in total. The van der Waals surface area contributed by atoms with Crippen LogP contribution in [0.4, 0.5) is 0 Å². The predicted octanol–water partition coefficient (Wildman–Crippen LogP) is 9.42. The highest BCUT2D eigenvalue weighted by Gasteiger charge is 2.19. The maximum Gasteiger partial charge on any atom is 0.0547 e. The molecule has 1 heterocycles. The van der Waals surface area contributed by atoms with Crippen LogP contribution in [-0.4, -0.2) is 4.57 Å². The van der Waals surface area contributed by atoms with Crippen molar-refractivity contribution in [2.24, 2.45) is 0 Å². The molecule has 0 unspecified atom stereocenters. The quantitative estimate of drug-likeness (QED) is 0.252. The predicted molar refractivity (Wildman–Crippen MR) is 150 cm³/mol. The Morgan fingerprint density at radius 3 is 1.89 bits per heavy atom. The fourth-order valence-corrected chi connectivity index (χ4v) is 5.13. The lowest BCUT2D eigenvalue weighted by Crippen LogP contribution is -2.11. The zero-order valence-corrected chi connectivity index (χ0v) is 20.5. The summed E-state index contributed by atoms with van der Waals surface area (Å²) in [6.45, 7) is 6.88. The second kappa shape index (κ2) is 8.29. The Morgan fingerprint density at radius 1 is 0.514 bits per heavy atom. The van der Waals surface area contributed by atoms with Gasteiger partial charge in [0.25, 0.3) is 0 Å². The first-order valence-corrected chi connectivity index (χ1v) is 12.3. The summed E-state index contributed by atoms with van der Waals surface area (Å²) in [5.74, 6) is 0.